The molecular weight excluding hydrogens is 270 g/mol. The predicted octanol–water partition coefficient (Wildman–Crippen LogP) is 2.04. The topological polar surface area (TPSA) is 79.1 Å². The van der Waals surface area contributed by atoms with E-state index in [1.54, 1.807) is 18.2 Å². The monoisotopic (exact) mass is 283 g/mol. The van der Waals surface area contributed by atoms with Gasteiger partial charge < -0.3 is 15.1 Å². The second-order valence-corrected chi connectivity index (χ2v) is 4.58. The maximum absolute atomic E-state index is 12.1. The van der Waals surface area contributed by atoms with Crippen molar-refractivity contribution < 1.29 is 19.8 Å². The molecule has 0 aliphatic heterocycles. The molecule has 0 amide bonds. The molecule has 1 aliphatic rings. The summed E-state index contributed by atoms with van der Waals surface area (Å²) < 4.78 is 5.00. The predicted molar refractivity (Wildman–Crippen MR) is 76.7 cm³/mol. The van der Waals surface area contributed by atoms with Gasteiger partial charge in [0.2, 0.25) is 0 Å². The smallest absolute Gasteiger partial charge is 0.338 e. The zero-order valence-electron chi connectivity index (χ0n) is 11.1. The standard InChI is InChI=1S/C16H13NO4/c18-8-9-21-16(19)13-7-3-6-12-14(13)10-4-1-2-5-11(10)15(12)17-20/h1-7,18,20H,8-9H2/b17-15+. The van der Waals surface area contributed by atoms with Gasteiger partial charge in [-0.1, -0.05) is 41.6 Å². The lowest BCUT2D eigenvalue weighted by atomic mass is 9.99. The summed E-state index contributed by atoms with van der Waals surface area (Å²) in [5.74, 6) is -0.505. The Bertz CT molecular complexity index is 737. The highest BCUT2D eigenvalue weighted by molar-refractivity contribution is 6.26. The van der Waals surface area contributed by atoms with E-state index in [-0.39, 0.29) is 13.2 Å². The minimum Gasteiger partial charge on any atom is -0.460 e. The van der Waals surface area contributed by atoms with E-state index in [9.17, 15) is 10.0 Å². The molecule has 2 aromatic carbocycles. The van der Waals surface area contributed by atoms with Gasteiger partial charge in [-0.05, 0) is 11.6 Å². The number of carbonyl (C=O) groups is 1. The summed E-state index contributed by atoms with van der Waals surface area (Å²) in [6.45, 7) is -0.272. The highest BCUT2D eigenvalue weighted by Crippen LogP contribution is 2.39. The molecule has 5 heteroatoms. The second kappa shape index (κ2) is 5.38. The lowest BCUT2D eigenvalue weighted by molar-refractivity contribution is 0.0434. The molecule has 21 heavy (non-hydrogen) atoms. The van der Waals surface area contributed by atoms with Gasteiger partial charge >= 0.3 is 5.97 Å². The van der Waals surface area contributed by atoms with Crippen molar-refractivity contribution in [3.63, 3.8) is 0 Å². The zero-order valence-corrected chi connectivity index (χ0v) is 11.1. The van der Waals surface area contributed by atoms with E-state index in [4.69, 9.17) is 9.84 Å². The number of carbonyl (C=O) groups excluding carboxylic acids is 1. The summed E-state index contributed by atoms with van der Waals surface area (Å²) >= 11 is 0. The summed E-state index contributed by atoms with van der Waals surface area (Å²) in [6, 6.07) is 12.6. The molecule has 3 rings (SSSR count). The first kappa shape index (κ1) is 13.3. The van der Waals surface area contributed by atoms with Gasteiger partial charge in [0.05, 0.1) is 12.2 Å². The molecule has 0 bridgehead atoms. The molecule has 0 aromatic heterocycles. The number of ether oxygens (including phenoxy) is 1. The molecule has 0 heterocycles. The molecule has 2 N–H and O–H groups in total. The van der Waals surface area contributed by atoms with E-state index in [0.717, 1.165) is 11.1 Å². The summed E-state index contributed by atoms with van der Waals surface area (Å²) in [7, 11) is 0. The van der Waals surface area contributed by atoms with Gasteiger partial charge in [-0.15, -0.1) is 0 Å². The van der Waals surface area contributed by atoms with Crippen LogP contribution in [0.25, 0.3) is 11.1 Å². The van der Waals surface area contributed by atoms with Gasteiger partial charge in [0.15, 0.2) is 0 Å². The average Bonchev–Trinajstić information content (AvgIpc) is 2.86. The van der Waals surface area contributed by atoms with Crippen LogP contribution in [0.15, 0.2) is 47.6 Å². The van der Waals surface area contributed by atoms with Crippen LogP contribution in [-0.4, -0.2) is 35.2 Å². The number of hydrogen-bond acceptors (Lipinski definition) is 5. The quantitative estimate of drug-likeness (QED) is 0.438. The Balaban J connectivity index is 2.18. The lowest BCUT2D eigenvalue weighted by Gasteiger charge is -2.08. The molecule has 106 valence electrons. The highest BCUT2D eigenvalue weighted by atomic mass is 16.5. The molecule has 0 fully saturated rings. The maximum Gasteiger partial charge on any atom is 0.338 e. The van der Waals surface area contributed by atoms with E-state index in [2.05, 4.69) is 5.16 Å². The molecule has 1 aliphatic carbocycles. The second-order valence-electron chi connectivity index (χ2n) is 4.58. The van der Waals surface area contributed by atoms with Crippen molar-refractivity contribution >= 4 is 11.7 Å². The van der Waals surface area contributed by atoms with Crippen LogP contribution in [0.1, 0.15) is 21.5 Å². The number of rotatable bonds is 3. The number of oxime groups is 1. The van der Waals surface area contributed by atoms with Crippen LogP contribution in [0, 0.1) is 0 Å². The Hall–Kier alpha value is -2.66. The molecule has 0 atom stereocenters. The van der Waals surface area contributed by atoms with Gasteiger partial charge in [-0.2, -0.15) is 0 Å². The maximum atomic E-state index is 12.1. The third-order valence-corrected chi connectivity index (χ3v) is 3.42. The first-order valence-electron chi connectivity index (χ1n) is 6.51. The van der Waals surface area contributed by atoms with Crippen LogP contribution in [0.5, 0.6) is 0 Å². The fraction of sp³-hybridized carbons (Fsp3) is 0.125. The summed E-state index contributed by atoms with van der Waals surface area (Å²) in [5.41, 5.74) is 3.83. The molecule has 0 spiro atoms. The Morgan fingerprint density at radius 3 is 2.48 bits per heavy atom. The summed E-state index contributed by atoms with van der Waals surface area (Å²) in [5, 5.41) is 21.4. The molecule has 0 radical (unpaired) electrons. The van der Waals surface area contributed by atoms with E-state index in [1.807, 2.05) is 24.3 Å². The molecule has 0 unspecified atom stereocenters. The van der Waals surface area contributed by atoms with Crippen molar-refractivity contribution in [3.8, 4) is 11.1 Å². The van der Waals surface area contributed by atoms with Gasteiger partial charge in [0.25, 0.3) is 0 Å². The van der Waals surface area contributed by atoms with Crippen LogP contribution in [0.4, 0.5) is 0 Å². The van der Waals surface area contributed by atoms with Crippen molar-refractivity contribution in [2.75, 3.05) is 13.2 Å². The number of aliphatic hydroxyl groups excluding tert-OH is 1. The minimum atomic E-state index is -0.505. The van der Waals surface area contributed by atoms with Crippen LogP contribution in [0.3, 0.4) is 0 Å². The summed E-state index contributed by atoms with van der Waals surface area (Å²) in [4.78, 5) is 12.1. The molecular formula is C16H13NO4. The molecule has 0 saturated heterocycles. The van der Waals surface area contributed by atoms with E-state index >= 15 is 0 Å². The Labute approximate surface area is 121 Å². The first-order chi connectivity index (χ1) is 10.3. The van der Waals surface area contributed by atoms with Crippen molar-refractivity contribution in [1.29, 1.82) is 0 Å². The number of benzene rings is 2. The van der Waals surface area contributed by atoms with Gasteiger partial charge in [-0.3, -0.25) is 0 Å². The third-order valence-electron chi connectivity index (χ3n) is 3.42. The fourth-order valence-electron chi connectivity index (χ4n) is 2.59. The van der Waals surface area contributed by atoms with Gasteiger partial charge in [0.1, 0.15) is 12.3 Å². The average molecular weight is 283 g/mol. The van der Waals surface area contributed by atoms with E-state index < -0.39 is 5.97 Å². The Morgan fingerprint density at radius 2 is 1.76 bits per heavy atom. The SMILES string of the molecule is O=C(OCCO)c1cccc2c1-c1ccccc1/C2=N\O. The van der Waals surface area contributed by atoms with Crippen molar-refractivity contribution in [2.45, 2.75) is 0 Å². The number of aliphatic hydroxyl groups is 1. The number of fused-ring (bicyclic) bond motifs is 3. The Kier molecular flexibility index (Phi) is 3.41. The normalized spacial score (nSPS) is 13.9. The minimum absolute atomic E-state index is 0.0505. The van der Waals surface area contributed by atoms with Crippen LogP contribution >= 0.6 is 0 Å². The van der Waals surface area contributed by atoms with Crippen LogP contribution in [0.2, 0.25) is 0 Å². The molecule has 5 nitrogen and oxygen atoms in total. The van der Waals surface area contributed by atoms with Crippen molar-refractivity contribution in [3.05, 3.63) is 59.2 Å². The molecule has 2 aromatic rings. The number of hydrogen-bond donors (Lipinski definition) is 2. The number of nitrogens with zero attached hydrogens (tertiary/aromatic N) is 1. The van der Waals surface area contributed by atoms with E-state index in [0.29, 0.717) is 22.4 Å². The third kappa shape index (κ3) is 2.08. The number of esters is 1. The molecule has 0 saturated carbocycles. The first-order valence-corrected chi connectivity index (χ1v) is 6.51. The van der Waals surface area contributed by atoms with Gasteiger partial charge in [0, 0.05) is 16.7 Å². The zero-order chi connectivity index (χ0) is 14.8. The van der Waals surface area contributed by atoms with Crippen LogP contribution in [-0.2, 0) is 4.74 Å². The fourth-order valence-corrected chi connectivity index (χ4v) is 2.59. The van der Waals surface area contributed by atoms with Crippen molar-refractivity contribution in [2.24, 2.45) is 5.16 Å². The largest absolute Gasteiger partial charge is 0.460 e. The van der Waals surface area contributed by atoms with Crippen LogP contribution < -0.4 is 0 Å². The Morgan fingerprint density at radius 1 is 1.05 bits per heavy atom. The summed E-state index contributed by atoms with van der Waals surface area (Å²) in [6.07, 6.45) is 0. The lowest BCUT2D eigenvalue weighted by Crippen LogP contribution is -2.10. The van der Waals surface area contributed by atoms with Crippen molar-refractivity contribution in [1.82, 2.24) is 0 Å². The van der Waals surface area contributed by atoms with E-state index in [1.165, 1.54) is 0 Å². The highest BCUT2D eigenvalue weighted by Gasteiger charge is 2.29. The van der Waals surface area contributed by atoms with Gasteiger partial charge in [-0.25, -0.2) is 4.79 Å².